The van der Waals surface area contributed by atoms with E-state index in [-0.39, 0.29) is 19.2 Å². The van der Waals surface area contributed by atoms with Crippen molar-refractivity contribution in [2.24, 2.45) is 11.8 Å². The summed E-state index contributed by atoms with van der Waals surface area (Å²) in [4.78, 5) is 25.2. The fraction of sp³-hybridized carbons (Fsp3) is 0.529. The van der Waals surface area contributed by atoms with E-state index in [0.717, 1.165) is 29.0 Å². The number of carbonyl (C=O) groups is 2. The van der Waals surface area contributed by atoms with Gasteiger partial charge >= 0.3 is 11.9 Å². The van der Waals surface area contributed by atoms with Gasteiger partial charge in [-0.2, -0.15) is 0 Å². The summed E-state index contributed by atoms with van der Waals surface area (Å²) >= 11 is 6.39. The van der Waals surface area contributed by atoms with Crippen molar-refractivity contribution in [2.45, 2.75) is 77.0 Å². The van der Waals surface area contributed by atoms with Crippen LogP contribution in [-0.4, -0.2) is 38.4 Å². The maximum absolute atomic E-state index is 12.6. The second-order valence-electron chi connectivity index (χ2n) is 11.5. The highest BCUT2D eigenvalue weighted by Crippen LogP contribution is 2.43. The predicted octanol–water partition coefficient (Wildman–Crippen LogP) is 8.43. The number of benzene rings is 3. The summed E-state index contributed by atoms with van der Waals surface area (Å²) in [6.45, 7) is 0.445. The van der Waals surface area contributed by atoms with Gasteiger partial charge in [-0.1, -0.05) is 100 Å². The van der Waals surface area contributed by atoms with Gasteiger partial charge in [0.1, 0.15) is 11.5 Å². The SMILES string of the molecule is O=C(COc1c2ccccc2c(OCC(=O)OCCC2CCCCC2)c2cc(Cl)ccc12)OCCC1CCCCC1. The van der Waals surface area contributed by atoms with E-state index < -0.39 is 5.97 Å². The van der Waals surface area contributed by atoms with Crippen molar-refractivity contribution in [1.29, 1.82) is 0 Å². The molecule has 3 aromatic rings. The summed E-state index contributed by atoms with van der Waals surface area (Å²) in [7, 11) is 0. The zero-order chi connectivity index (χ0) is 28.4. The predicted molar refractivity (Wildman–Crippen MR) is 162 cm³/mol. The van der Waals surface area contributed by atoms with E-state index in [4.69, 9.17) is 30.5 Å². The van der Waals surface area contributed by atoms with Crippen LogP contribution in [0.1, 0.15) is 77.0 Å². The van der Waals surface area contributed by atoms with Crippen LogP contribution in [0.25, 0.3) is 21.5 Å². The normalized spacial score (nSPS) is 16.5. The minimum atomic E-state index is -0.392. The third-order valence-electron chi connectivity index (χ3n) is 8.58. The number of ether oxygens (including phenoxy) is 4. The summed E-state index contributed by atoms with van der Waals surface area (Å²) < 4.78 is 23.2. The van der Waals surface area contributed by atoms with Crippen LogP contribution in [0, 0.1) is 11.8 Å². The Balaban J connectivity index is 1.26. The molecule has 0 unspecified atom stereocenters. The van der Waals surface area contributed by atoms with Gasteiger partial charge < -0.3 is 18.9 Å². The van der Waals surface area contributed by atoms with Crippen molar-refractivity contribution >= 4 is 45.1 Å². The zero-order valence-electron chi connectivity index (χ0n) is 23.8. The molecule has 2 saturated carbocycles. The van der Waals surface area contributed by atoms with Gasteiger partial charge in [-0.05, 0) is 42.9 Å². The zero-order valence-corrected chi connectivity index (χ0v) is 24.6. The molecule has 0 atom stereocenters. The molecule has 220 valence electrons. The smallest absolute Gasteiger partial charge is 0.344 e. The highest BCUT2D eigenvalue weighted by Gasteiger charge is 2.20. The van der Waals surface area contributed by atoms with Crippen molar-refractivity contribution in [1.82, 2.24) is 0 Å². The van der Waals surface area contributed by atoms with Crippen LogP contribution in [0.5, 0.6) is 11.5 Å². The number of rotatable bonds is 12. The molecule has 0 aliphatic heterocycles. The average molecular weight is 581 g/mol. The van der Waals surface area contributed by atoms with E-state index in [1.807, 2.05) is 30.3 Å². The first-order chi connectivity index (χ1) is 20.1. The molecule has 0 aromatic heterocycles. The average Bonchev–Trinajstić information content (AvgIpc) is 3.00. The summed E-state index contributed by atoms with van der Waals surface area (Å²) in [5.41, 5.74) is 0. The lowest BCUT2D eigenvalue weighted by Gasteiger charge is -2.21. The van der Waals surface area contributed by atoms with E-state index in [2.05, 4.69) is 0 Å². The molecule has 41 heavy (non-hydrogen) atoms. The van der Waals surface area contributed by atoms with E-state index in [1.165, 1.54) is 64.2 Å². The lowest BCUT2D eigenvalue weighted by atomic mass is 9.87. The van der Waals surface area contributed by atoms with Gasteiger partial charge in [0, 0.05) is 26.6 Å². The Morgan fingerprint density at radius 2 is 1.10 bits per heavy atom. The van der Waals surface area contributed by atoms with Crippen LogP contribution in [0.4, 0.5) is 0 Å². The summed E-state index contributed by atoms with van der Waals surface area (Å²) in [5.74, 6) is 1.61. The van der Waals surface area contributed by atoms with Gasteiger partial charge in [0.05, 0.1) is 13.2 Å². The third-order valence-corrected chi connectivity index (χ3v) is 8.82. The van der Waals surface area contributed by atoms with Crippen LogP contribution >= 0.6 is 11.6 Å². The lowest BCUT2D eigenvalue weighted by molar-refractivity contribution is -0.147. The first-order valence-corrected chi connectivity index (χ1v) is 15.7. The van der Waals surface area contributed by atoms with E-state index in [0.29, 0.717) is 47.0 Å². The number of esters is 2. The Bertz CT molecular complexity index is 1330. The van der Waals surface area contributed by atoms with Crippen LogP contribution in [0.15, 0.2) is 42.5 Å². The maximum Gasteiger partial charge on any atom is 0.344 e. The van der Waals surface area contributed by atoms with E-state index in [1.54, 1.807) is 12.1 Å². The number of hydrogen-bond donors (Lipinski definition) is 0. The second-order valence-corrected chi connectivity index (χ2v) is 11.9. The van der Waals surface area contributed by atoms with Gasteiger partial charge in [0.2, 0.25) is 0 Å². The molecule has 0 N–H and O–H groups in total. The van der Waals surface area contributed by atoms with Gasteiger partial charge in [-0.15, -0.1) is 0 Å². The van der Waals surface area contributed by atoms with Crippen molar-refractivity contribution < 1.29 is 28.5 Å². The molecule has 7 heteroatoms. The summed E-state index contributed by atoms with van der Waals surface area (Å²) in [6.07, 6.45) is 14.4. The van der Waals surface area contributed by atoms with E-state index >= 15 is 0 Å². The Kier molecular flexibility index (Phi) is 10.6. The molecule has 0 amide bonds. The van der Waals surface area contributed by atoms with E-state index in [9.17, 15) is 9.59 Å². The molecule has 0 saturated heterocycles. The van der Waals surface area contributed by atoms with Crippen LogP contribution < -0.4 is 9.47 Å². The Morgan fingerprint density at radius 3 is 1.61 bits per heavy atom. The van der Waals surface area contributed by atoms with Gasteiger partial charge in [0.25, 0.3) is 0 Å². The fourth-order valence-electron chi connectivity index (χ4n) is 6.36. The molecular formula is C34H41ClO6. The first-order valence-electron chi connectivity index (χ1n) is 15.3. The Morgan fingerprint density at radius 1 is 0.634 bits per heavy atom. The van der Waals surface area contributed by atoms with Crippen LogP contribution in [0.2, 0.25) is 5.02 Å². The van der Waals surface area contributed by atoms with Crippen LogP contribution in [0.3, 0.4) is 0 Å². The molecule has 2 aliphatic rings. The minimum absolute atomic E-state index is 0.195. The van der Waals surface area contributed by atoms with Crippen molar-refractivity contribution in [2.75, 3.05) is 26.4 Å². The quantitative estimate of drug-likeness (QED) is 0.158. The lowest BCUT2D eigenvalue weighted by Crippen LogP contribution is -2.18. The molecule has 0 bridgehead atoms. The molecule has 5 rings (SSSR count). The fourth-order valence-corrected chi connectivity index (χ4v) is 6.53. The summed E-state index contributed by atoms with van der Waals surface area (Å²) in [5, 5.41) is 3.51. The Labute approximate surface area is 247 Å². The second kappa shape index (κ2) is 14.8. The minimum Gasteiger partial charge on any atom is -0.481 e. The molecule has 2 fully saturated rings. The molecule has 0 heterocycles. The van der Waals surface area contributed by atoms with Crippen molar-refractivity contribution in [3.05, 3.63) is 47.5 Å². The number of fused-ring (bicyclic) bond motifs is 2. The highest BCUT2D eigenvalue weighted by molar-refractivity contribution is 6.31. The molecule has 0 radical (unpaired) electrons. The maximum atomic E-state index is 12.6. The van der Waals surface area contributed by atoms with Crippen molar-refractivity contribution in [3.63, 3.8) is 0 Å². The van der Waals surface area contributed by atoms with Gasteiger partial charge in [0.15, 0.2) is 13.2 Å². The molecule has 0 spiro atoms. The number of carbonyl (C=O) groups excluding carboxylic acids is 2. The molecule has 6 nitrogen and oxygen atoms in total. The first kappa shape index (κ1) is 29.5. The topological polar surface area (TPSA) is 71.1 Å². The van der Waals surface area contributed by atoms with Crippen LogP contribution in [-0.2, 0) is 19.1 Å². The number of halogens is 1. The molecule has 3 aromatic carbocycles. The number of hydrogen-bond acceptors (Lipinski definition) is 6. The standard InChI is InChI=1S/C34H41ClO6/c35-26-15-16-29-30(21-26)34(41-23-32(37)39-20-18-25-11-5-2-6-12-25)28-14-8-7-13-27(28)33(29)40-22-31(36)38-19-17-24-9-3-1-4-10-24/h7-8,13-16,21,24-25H,1-6,9-12,17-20,22-23H2. The Hall–Kier alpha value is -2.99. The largest absolute Gasteiger partial charge is 0.481 e. The molecule has 2 aliphatic carbocycles. The summed E-state index contributed by atoms with van der Waals surface area (Å²) in [6, 6.07) is 13.1. The monoisotopic (exact) mass is 580 g/mol. The third kappa shape index (κ3) is 8.06. The van der Waals surface area contributed by atoms with Gasteiger partial charge in [-0.3, -0.25) is 0 Å². The van der Waals surface area contributed by atoms with Crippen molar-refractivity contribution in [3.8, 4) is 11.5 Å². The highest BCUT2D eigenvalue weighted by atomic mass is 35.5. The van der Waals surface area contributed by atoms with Gasteiger partial charge in [-0.25, -0.2) is 9.59 Å². The molecular weight excluding hydrogens is 540 g/mol.